The molecule has 6 heteroatoms. The number of halogens is 1. The zero-order chi connectivity index (χ0) is 17.5. The molecule has 1 atom stereocenters. The van der Waals surface area contributed by atoms with Crippen LogP contribution in [0.5, 0.6) is 17.2 Å². The first-order valence-electron chi connectivity index (χ1n) is 8.63. The molecular weight excluding hydrogens is 354 g/mol. The highest BCUT2D eigenvalue weighted by molar-refractivity contribution is 5.66. The van der Waals surface area contributed by atoms with Crippen LogP contribution in [0.4, 0.5) is 0 Å². The Labute approximate surface area is 161 Å². The van der Waals surface area contributed by atoms with E-state index in [2.05, 4.69) is 4.90 Å². The van der Waals surface area contributed by atoms with Crippen molar-refractivity contribution in [1.82, 2.24) is 4.90 Å². The van der Waals surface area contributed by atoms with Gasteiger partial charge in [-0.3, -0.25) is 9.69 Å². The third-order valence-electron chi connectivity index (χ3n) is 4.20. The Morgan fingerprint density at radius 3 is 2.42 bits per heavy atom. The van der Waals surface area contributed by atoms with Crippen LogP contribution in [-0.2, 0) is 4.79 Å². The lowest BCUT2D eigenvalue weighted by Gasteiger charge is -2.16. The zero-order valence-corrected chi connectivity index (χ0v) is 15.3. The predicted molar refractivity (Wildman–Crippen MR) is 96.4 cm³/mol. The number of aliphatic carboxylic acids is 1. The monoisotopic (exact) mass is 377 g/mol. The maximum absolute atomic E-state index is 10.6. The molecule has 2 aromatic carbocycles. The van der Waals surface area contributed by atoms with E-state index >= 15 is 0 Å². The zero-order valence-electron chi connectivity index (χ0n) is 15.5. The Hall–Kier alpha value is -2.24. The van der Waals surface area contributed by atoms with E-state index in [9.17, 15) is 4.79 Å². The molecule has 0 spiro atoms. The minimum absolute atomic E-state index is 0. The van der Waals surface area contributed by atoms with Crippen LogP contribution in [0.1, 0.15) is 20.7 Å². The van der Waals surface area contributed by atoms with Crippen LogP contribution in [0.25, 0.3) is 0 Å². The molecule has 0 aromatic heterocycles. The number of rotatable bonds is 8. The Kier molecular flexibility index (Phi) is 7.75. The first-order valence-corrected chi connectivity index (χ1v) is 8.63. The van der Waals surface area contributed by atoms with Crippen LogP contribution in [0.2, 0.25) is 0 Å². The van der Waals surface area contributed by atoms with Gasteiger partial charge in [0.1, 0.15) is 23.4 Å². The van der Waals surface area contributed by atoms with E-state index in [1.54, 1.807) is 0 Å². The first-order chi connectivity index (χ1) is 12.2. The number of nitrogens with zero attached hydrogens (tertiary/aromatic N) is 1. The molecule has 0 bridgehead atoms. The summed E-state index contributed by atoms with van der Waals surface area (Å²) in [5.41, 5.74) is 0. The normalized spacial score (nSPS) is 16.7. The summed E-state index contributed by atoms with van der Waals surface area (Å²) in [4.78, 5) is 12.8. The van der Waals surface area contributed by atoms with Gasteiger partial charge in [-0.15, -0.1) is 0 Å². The van der Waals surface area contributed by atoms with Gasteiger partial charge in [-0.05, 0) is 55.8 Å². The van der Waals surface area contributed by atoms with E-state index in [1.165, 1.54) is 0 Å². The number of carbonyl (C=O) groups is 1. The second kappa shape index (κ2) is 10.0. The molecule has 0 saturated carbocycles. The molecular formula is C20H24ClNO4. The van der Waals surface area contributed by atoms with Gasteiger partial charge in [0.15, 0.2) is 0 Å². The molecule has 26 heavy (non-hydrogen) atoms. The molecule has 1 aliphatic heterocycles. The van der Waals surface area contributed by atoms with E-state index in [-0.39, 0.29) is 26.4 Å². The summed E-state index contributed by atoms with van der Waals surface area (Å²) >= 11 is 0. The minimum Gasteiger partial charge on any atom is -1.00 e. The number of hydrogen-bond donors (Lipinski definition) is 1. The van der Waals surface area contributed by atoms with Crippen LogP contribution in [-0.4, -0.2) is 41.7 Å². The van der Waals surface area contributed by atoms with Crippen molar-refractivity contribution in [3.05, 3.63) is 54.6 Å². The fourth-order valence-electron chi connectivity index (χ4n) is 2.95. The molecule has 5 nitrogen and oxygen atoms in total. The number of carboxylic acids is 1. The summed E-state index contributed by atoms with van der Waals surface area (Å²) in [7, 11) is 0. The van der Waals surface area contributed by atoms with Crippen molar-refractivity contribution in [2.45, 2.75) is 25.4 Å². The van der Waals surface area contributed by atoms with Crippen LogP contribution in [0, 0.1) is 0 Å². The van der Waals surface area contributed by atoms with Gasteiger partial charge < -0.3 is 27.0 Å². The van der Waals surface area contributed by atoms with Crippen molar-refractivity contribution in [3.63, 3.8) is 0 Å². The lowest BCUT2D eigenvalue weighted by Crippen LogP contribution is -3.00. The number of ether oxygens (including phenoxy) is 2. The molecule has 0 amide bonds. The van der Waals surface area contributed by atoms with E-state index in [0.717, 1.165) is 43.3 Å². The lowest BCUT2D eigenvalue weighted by atomic mass is 10.3. The van der Waals surface area contributed by atoms with Crippen LogP contribution >= 0.6 is 0 Å². The lowest BCUT2D eigenvalue weighted by molar-refractivity contribution is -0.137. The summed E-state index contributed by atoms with van der Waals surface area (Å²) in [6, 6.07) is 17.3. The van der Waals surface area contributed by atoms with Gasteiger partial charge in [0.05, 0.1) is 0 Å². The highest BCUT2D eigenvalue weighted by atomic mass is 35.5. The molecule has 2 aromatic rings. The Morgan fingerprint density at radius 2 is 1.73 bits per heavy atom. The first kappa shape index (κ1) is 20.1. The summed E-state index contributed by atoms with van der Waals surface area (Å²) in [5.74, 6) is 1.69. The summed E-state index contributed by atoms with van der Waals surface area (Å²) in [6.07, 6.45) is 2.04. The largest absolute Gasteiger partial charge is 1.00 e. The SMILES string of the molecule is O=C(O)CCCN1CC[C@@H](Oc2ccc(Oc3ccccc3)cc2)C1.[Cl-].[H+]. The van der Waals surface area contributed by atoms with Crippen molar-refractivity contribution >= 4 is 5.97 Å². The van der Waals surface area contributed by atoms with Crippen molar-refractivity contribution in [1.29, 1.82) is 0 Å². The molecule has 140 valence electrons. The summed E-state index contributed by atoms with van der Waals surface area (Å²) < 4.78 is 11.8. The second-order valence-corrected chi connectivity index (χ2v) is 6.21. The van der Waals surface area contributed by atoms with Crippen LogP contribution < -0.4 is 21.9 Å². The number of benzene rings is 2. The average molecular weight is 378 g/mol. The molecule has 0 radical (unpaired) electrons. The minimum atomic E-state index is -0.732. The molecule has 1 fully saturated rings. The van der Waals surface area contributed by atoms with Gasteiger partial charge in [-0.25, -0.2) is 0 Å². The Bertz CT molecular complexity index is 684. The second-order valence-electron chi connectivity index (χ2n) is 6.21. The van der Waals surface area contributed by atoms with Gasteiger partial charge >= 0.3 is 7.40 Å². The Morgan fingerprint density at radius 1 is 1.08 bits per heavy atom. The highest BCUT2D eigenvalue weighted by Crippen LogP contribution is 2.25. The third-order valence-corrected chi connectivity index (χ3v) is 4.20. The van der Waals surface area contributed by atoms with Gasteiger partial charge in [-0.1, -0.05) is 18.2 Å². The standard InChI is InChI=1S/C20H23NO4.ClH/c22-20(23)7-4-13-21-14-12-19(15-21)25-18-10-8-17(9-11-18)24-16-5-2-1-3-6-16;/h1-3,5-6,8-11,19H,4,7,12-15H2,(H,22,23);1H/t19-;/m1./s1. The van der Waals surface area contributed by atoms with E-state index in [0.29, 0.717) is 6.42 Å². The highest BCUT2D eigenvalue weighted by Gasteiger charge is 2.23. The van der Waals surface area contributed by atoms with E-state index in [4.69, 9.17) is 14.6 Å². The van der Waals surface area contributed by atoms with Crippen molar-refractivity contribution in [2.75, 3.05) is 19.6 Å². The number of likely N-dealkylation sites (tertiary alicyclic amines) is 1. The van der Waals surface area contributed by atoms with Gasteiger partial charge in [0.2, 0.25) is 0 Å². The number of hydrogen-bond acceptors (Lipinski definition) is 4. The molecule has 1 aliphatic rings. The van der Waals surface area contributed by atoms with Crippen molar-refractivity contribution < 1.29 is 33.2 Å². The average Bonchev–Trinajstić information content (AvgIpc) is 3.05. The Balaban J connectivity index is 0.00000182. The quantitative estimate of drug-likeness (QED) is 0.741. The van der Waals surface area contributed by atoms with Gasteiger partial charge in [-0.2, -0.15) is 0 Å². The molecule has 1 N–H and O–H groups in total. The maximum Gasteiger partial charge on any atom is 1.00 e. The third kappa shape index (κ3) is 6.24. The fourth-order valence-corrected chi connectivity index (χ4v) is 2.95. The molecule has 1 saturated heterocycles. The van der Waals surface area contributed by atoms with E-state index in [1.807, 2.05) is 54.6 Å². The van der Waals surface area contributed by atoms with Crippen LogP contribution in [0.3, 0.4) is 0 Å². The number of para-hydroxylation sites is 1. The summed E-state index contributed by atoms with van der Waals surface area (Å²) in [5, 5.41) is 8.70. The topological polar surface area (TPSA) is 59.0 Å². The van der Waals surface area contributed by atoms with Crippen LogP contribution in [0.15, 0.2) is 54.6 Å². The molecule has 0 unspecified atom stereocenters. The molecule has 1 heterocycles. The fraction of sp³-hybridized carbons (Fsp3) is 0.350. The summed E-state index contributed by atoms with van der Waals surface area (Å²) in [6.45, 7) is 2.62. The van der Waals surface area contributed by atoms with Crippen molar-refractivity contribution in [2.24, 2.45) is 0 Å². The van der Waals surface area contributed by atoms with Crippen molar-refractivity contribution in [3.8, 4) is 17.2 Å². The molecule has 3 rings (SSSR count). The molecule has 0 aliphatic carbocycles. The maximum atomic E-state index is 10.6. The number of carboxylic acid groups (broad SMARTS) is 1. The smallest absolute Gasteiger partial charge is 1.00 e. The predicted octanol–water partition coefficient (Wildman–Crippen LogP) is 0.913. The van der Waals surface area contributed by atoms with Gasteiger partial charge in [0, 0.05) is 19.5 Å². The van der Waals surface area contributed by atoms with Gasteiger partial charge in [0.25, 0.3) is 0 Å². The van der Waals surface area contributed by atoms with E-state index < -0.39 is 5.97 Å².